The molecule has 0 aliphatic heterocycles. The van der Waals surface area contributed by atoms with E-state index in [2.05, 4.69) is 15.5 Å². The Hall–Kier alpha value is -2.62. The fraction of sp³-hybridized carbons (Fsp3) is 0.211. The van der Waals surface area contributed by atoms with Gasteiger partial charge in [0.15, 0.2) is 0 Å². The lowest BCUT2D eigenvalue weighted by Gasteiger charge is -2.18. The molecule has 0 atom stereocenters. The molecule has 0 unspecified atom stereocenters. The van der Waals surface area contributed by atoms with Crippen molar-refractivity contribution in [1.82, 2.24) is 14.5 Å². The number of rotatable bonds is 7. The summed E-state index contributed by atoms with van der Waals surface area (Å²) in [4.78, 5) is 12.4. The minimum Gasteiger partial charge on any atom is -0.296 e. The van der Waals surface area contributed by atoms with Crippen molar-refractivity contribution < 1.29 is 13.2 Å². The van der Waals surface area contributed by atoms with Crippen LogP contribution >= 0.6 is 11.3 Å². The van der Waals surface area contributed by atoms with Crippen molar-refractivity contribution in [3.05, 3.63) is 71.3 Å². The highest BCUT2D eigenvalue weighted by Crippen LogP contribution is 2.25. The average molecular weight is 417 g/mol. The predicted octanol–water partition coefficient (Wildman–Crippen LogP) is 3.31. The van der Waals surface area contributed by atoms with E-state index in [9.17, 15) is 13.2 Å². The monoisotopic (exact) mass is 416 g/mol. The molecule has 1 amide bonds. The van der Waals surface area contributed by atoms with E-state index in [0.717, 1.165) is 22.5 Å². The van der Waals surface area contributed by atoms with Gasteiger partial charge in [-0.1, -0.05) is 66.8 Å². The van der Waals surface area contributed by atoms with Gasteiger partial charge in [0.25, 0.3) is 15.9 Å². The molecule has 9 heteroatoms. The standard InChI is InChI=1S/C19H20N4O3S2/c1-3-23(13-15-10-5-4-6-11-15)28(25,26)19-22-21-18(27-19)20-17(24)16-12-8-7-9-14(16)2/h4-12H,3,13H2,1-2H3,(H,20,21,24). The number of aromatic nitrogens is 2. The first-order valence-corrected chi connectivity index (χ1v) is 10.9. The molecule has 0 fully saturated rings. The summed E-state index contributed by atoms with van der Waals surface area (Å²) in [5.74, 6) is -0.352. The predicted molar refractivity (Wildman–Crippen MR) is 109 cm³/mol. The van der Waals surface area contributed by atoms with Crippen LogP contribution in [0.25, 0.3) is 0 Å². The van der Waals surface area contributed by atoms with Crippen LogP contribution in [0.2, 0.25) is 0 Å². The molecule has 1 aromatic heterocycles. The van der Waals surface area contributed by atoms with E-state index in [0.29, 0.717) is 12.1 Å². The van der Waals surface area contributed by atoms with Crippen molar-refractivity contribution in [3.8, 4) is 0 Å². The summed E-state index contributed by atoms with van der Waals surface area (Å²) in [6, 6.07) is 16.5. The van der Waals surface area contributed by atoms with E-state index >= 15 is 0 Å². The van der Waals surface area contributed by atoms with Crippen LogP contribution in [-0.2, 0) is 16.6 Å². The maximum atomic E-state index is 12.9. The molecule has 3 rings (SSSR count). The summed E-state index contributed by atoms with van der Waals surface area (Å²) in [5.41, 5.74) is 2.20. The minimum atomic E-state index is -3.81. The highest BCUT2D eigenvalue weighted by Gasteiger charge is 2.28. The molecule has 1 heterocycles. The van der Waals surface area contributed by atoms with Gasteiger partial charge in [-0.15, -0.1) is 10.2 Å². The third-order valence-electron chi connectivity index (χ3n) is 4.13. The third kappa shape index (κ3) is 4.44. The second-order valence-electron chi connectivity index (χ2n) is 6.06. The van der Waals surface area contributed by atoms with Gasteiger partial charge in [0, 0.05) is 18.7 Å². The Morgan fingerprint density at radius 2 is 1.75 bits per heavy atom. The van der Waals surface area contributed by atoms with Gasteiger partial charge < -0.3 is 0 Å². The Morgan fingerprint density at radius 3 is 2.43 bits per heavy atom. The quantitative estimate of drug-likeness (QED) is 0.597. The number of hydrogen-bond acceptors (Lipinski definition) is 6. The number of nitrogens with one attached hydrogen (secondary N) is 1. The molecule has 7 nitrogen and oxygen atoms in total. The van der Waals surface area contributed by atoms with Gasteiger partial charge in [0.2, 0.25) is 9.47 Å². The van der Waals surface area contributed by atoms with Crippen molar-refractivity contribution in [2.45, 2.75) is 24.7 Å². The van der Waals surface area contributed by atoms with Crippen molar-refractivity contribution in [1.29, 1.82) is 0 Å². The summed E-state index contributed by atoms with van der Waals surface area (Å²) in [6.07, 6.45) is 0. The van der Waals surface area contributed by atoms with Crippen LogP contribution in [0.15, 0.2) is 58.9 Å². The summed E-state index contributed by atoms with van der Waals surface area (Å²) in [5, 5.41) is 10.4. The molecule has 0 bridgehead atoms. The second kappa shape index (κ2) is 8.59. The highest BCUT2D eigenvalue weighted by molar-refractivity contribution is 7.91. The van der Waals surface area contributed by atoms with E-state index in [1.165, 1.54) is 4.31 Å². The van der Waals surface area contributed by atoms with Crippen molar-refractivity contribution in [2.24, 2.45) is 0 Å². The Morgan fingerprint density at radius 1 is 1.07 bits per heavy atom. The zero-order valence-electron chi connectivity index (χ0n) is 15.5. The fourth-order valence-electron chi connectivity index (χ4n) is 2.62. The van der Waals surface area contributed by atoms with Gasteiger partial charge in [0.1, 0.15) is 0 Å². The molecule has 0 saturated carbocycles. The van der Waals surface area contributed by atoms with Crippen LogP contribution in [0.1, 0.15) is 28.4 Å². The van der Waals surface area contributed by atoms with Crippen LogP contribution in [0.3, 0.4) is 0 Å². The van der Waals surface area contributed by atoms with Crippen LogP contribution in [0.5, 0.6) is 0 Å². The Balaban J connectivity index is 1.77. The first kappa shape index (κ1) is 20.1. The van der Waals surface area contributed by atoms with Gasteiger partial charge >= 0.3 is 0 Å². The second-order valence-corrected chi connectivity index (χ2v) is 9.15. The van der Waals surface area contributed by atoms with Gasteiger partial charge in [-0.2, -0.15) is 4.31 Å². The molecule has 3 aromatic rings. The number of carbonyl (C=O) groups is 1. The summed E-state index contributed by atoms with van der Waals surface area (Å²) >= 11 is 0.839. The van der Waals surface area contributed by atoms with Crippen LogP contribution in [0.4, 0.5) is 5.13 Å². The Labute approximate surface area is 168 Å². The first-order chi connectivity index (χ1) is 13.4. The number of benzene rings is 2. The van der Waals surface area contributed by atoms with E-state index in [-0.39, 0.29) is 21.9 Å². The lowest BCUT2D eigenvalue weighted by atomic mass is 10.1. The van der Waals surface area contributed by atoms with Crippen LogP contribution < -0.4 is 5.32 Å². The topological polar surface area (TPSA) is 92.3 Å². The van der Waals surface area contributed by atoms with E-state index in [4.69, 9.17) is 0 Å². The summed E-state index contributed by atoms with van der Waals surface area (Å²) in [6.45, 7) is 4.13. The van der Waals surface area contributed by atoms with E-state index in [1.54, 1.807) is 19.1 Å². The number of hydrogen-bond donors (Lipinski definition) is 1. The Bertz CT molecular complexity index is 1070. The summed E-state index contributed by atoms with van der Waals surface area (Å²) < 4.78 is 27.0. The first-order valence-electron chi connectivity index (χ1n) is 8.66. The van der Waals surface area contributed by atoms with Crippen LogP contribution in [0, 0.1) is 6.92 Å². The SMILES string of the molecule is CCN(Cc1ccccc1)S(=O)(=O)c1nnc(NC(=O)c2ccccc2C)s1. The van der Waals surface area contributed by atoms with Gasteiger partial charge in [0.05, 0.1) is 0 Å². The van der Waals surface area contributed by atoms with Gasteiger partial charge in [-0.3, -0.25) is 10.1 Å². The number of amides is 1. The number of carbonyl (C=O) groups excluding carboxylic acids is 1. The smallest absolute Gasteiger partial charge is 0.272 e. The molecule has 0 aliphatic rings. The minimum absolute atomic E-state index is 0.141. The highest BCUT2D eigenvalue weighted by atomic mass is 32.2. The zero-order chi connectivity index (χ0) is 20.1. The molecule has 146 valence electrons. The van der Waals surface area contributed by atoms with E-state index in [1.807, 2.05) is 49.4 Å². The third-order valence-corrected chi connectivity index (χ3v) is 7.24. The van der Waals surface area contributed by atoms with Gasteiger partial charge in [-0.25, -0.2) is 8.42 Å². The number of aryl methyl sites for hydroxylation is 1. The molecule has 28 heavy (non-hydrogen) atoms. The van der Waals surface area contributed by atoms with E-state index < -0.39 is 10.0 Å². The molecule has 1 N–H and O–H groups in total. The van der Waals surface area contributed by atoms with Crippen molar-refractivity contribution in [2.75, 3.05) is 11.9 Å². The Kier molecular flexibility index (Phi) is 6.18. The molecule has 0 saturated heterocycles. The lowest BCUT2D eigenvalue weighted by molar-refractivity contribution is 0.102. The number of nitrogens with zero attached hydrogens (tertiary/aromatic N) is 3. The maximum absolute atomic E-state index is 12.9. The average Bonchev–Trinajstić information content (AvgIpc) is 3.16. The fourth-order valence-corrected chi connectivity index (χ4v) is 5.09. The van der Waals surface area contributed by atoms with Crippen LogP contribution in [-0.4, -0.2) is 35.4 Å². The van der Waals surface area contributed by atoms with Gasteiger partial charge in [-0.05, 0) is 24.1 Å². The molecular weight excluding hydrogens is 396 g/mol. The molecule has 0 spiro atoms. The van der Waals surface area contributed by atoms with Crippen molar-refractivity contribution >= 4 is 32.4 Å². The number of anilines is 1. The largest absolute Gasteiger partial charge is 0.296 e. The molecular formula is C19H20N4O3S2. The summed E-state index contributed by atoms with van der Waals surface area (Å²) in [7, 11) is -3.81. The molecule has 2 aromatic carbocycles. The maximum Gasteiger partial charge on any atom is 0.272 e. The zero-order valence-corrected chi connectivity index (χ0v) is 17.1. The lowest BCUT2D eigenvalue weighted by Crippen LogP contribution is -2.30. The van der Waals surface area contributed by atoms with Crippen molar-refractivity contribution in [3.63, 3.8) is 0 Å². The molecule has 0 aliphatic carbocycles. The molecule has 0 radical (unpaired) electrons. The number of sulfonamides is 1. The normalized spacial score (nSPS) is 11.5.